The van der Waals surface area contributed by atoms with Gasteiger partial charge < -0.3 is 20.5 Å². The van der Waals surface area contributed by atoms with Crippen LogP contribution >= 0.6 is 0 Å². The lowest BCUT2D eigenvalue weighted by molar-refractivity contribution is -0.323. The van der Waals surface area contributed by atoms with Crippen LogP contribution in [0.4, 0.5) is 52.7 Å². The van der Waals surface area contributed by atoms with Crippen LogP contribution in [0.25, 0.3) is 0 Å². The van der Waals surface area contributed by atoms with Gasteiger partial charge in [-0.05, 0) is 44.6 Å². The van der Waals surface area contributed by atoms with Crippen LogP contribution in [0.1, 0.15) is 42.5 Å². The summed E-state index contributed by atoms with van der Waals surface area (Å²) in [6.45, 7) is -1.53. The zero-order chi connectivity index (χ0) is 42.6. The fraction of sp³-hybridized carbons (Fsp3) is 0.619. The first-order chi connectivity index (χ1) is 23.8. The Morgan fingerprint density at radius 3 is 1.20 bits per heavy atom. The molecule has 2 rings (SSSR count). The van der Waals surface area contributed by atoms with Crippen molar-refractivity contribution in [3.63, 3.8) is 0 Å². The maximum Gasteiger partial charge on any atom is 0.587 e. The van der Waals surface area contributed by atoms with Crippen LogP contribution in [0.15, 0.2) is 30.3 Å². The SMILES string of the molecule is C[Si](C)(C)[O+]=C(OC(=O)c1ccccc1)C1CCCCC1.O=S(=O)(O[B-](OS(=O)(=O)C(F)(F)F)(OS(=O)(=O)C(F)(F)F)OS(=O)(=O)C(F)(F)F)C(F)(F)F. The molecular formula is C21H25BF12O15S4Si. The number of rotatable bonds is 11. The van der Waals surface area contributed by atoms with Crippen LogP contribution < -0.4 is 0 Å². The number of carbonyl (C=O) groups excluding carboxylic acids is 2. The van der Waals surface area contributed by atoms with E-state index in [4.69, 9.17) is 8.85 Å². The van der Waals surface area contributed by atoms with E-state index in [0.29, 0.717) is 11.5 Å². The monoisotopic (exact) mass is 912 g/mol. The summed E-state index contributed by atoms with van der Waals surface area (Å²) in [5.74, 6) is 0.510. The van der Waals surface area contributed by atoms with Crippen molar-refractivity contribution in [2.24, 2.45) is 5.92 Å². The lowest BCUT2D eigenvalue weighted by atomic mass is 9.89. The first kappa shape index (κ1) is 49.5. The predicted octanol–water partition coefficient (Wildman–Crippen LogP) is 5.21. The number of ether oxygens (including phenoxy) is 1. The smallest absolute Gasteiger partial charge is 0.411 e. The van der Waals surface area contributed by atoms with Gasteiger partial charge in [0.25, 0.3) is 0 Å². The molecule has 0 radical (unpaired) electrons. The molecule has 15 nitrogen and oxygen atoms in total. The first-order valence-corrected chi connectivity index (χ1v) is 22.9. The minimum absolute atomic E-state index is 0.262. The summed E-state index contributed by atoms with van der Waals surface area (Å²) in [6.07, 6.45) is 5.76. The molecule has 0 saturated heterocycles. The second-order valence-electron chi connectivity index (χ2n) is 11.2. The molecule has 0 heterocycles. The number of benzene rings is 1. The minimum atomic E-state index is -8.05. The van der Waals surface area contributed by atoms with Gasteiger partial charge in [-0.2, -0.15) is 86.4 Å². The van der Waals surface area contributed by atoms with Gasteiger partial charge in [-0.3, -0.25) is 0 Å². The highest BCUT2D eigenvalue weighted by atomic mass is 32.2. The Kier molecular flexibility index (Phi) is 15.5. The molecule has 0 atom stereocenters. The molecule has 1 aliphatic carbocycles. The summed E-state index contributed by atoms with van der Waals surface area (Å²) in [7, 11) is -34.0. The highest BCUT2D eigenvalue weighted by molar-refractivity contribution is 7.93. The van der Waals surface area contributed by atoms with Crippen LogP contribution in [0.3, 0.4) is 0 Å². The van der Waals surface area contributed by atoms with E-state index < -0.39 is 77.8 Å². The summed E-state index contributed by atoms with van der Waals surface area (Å²) in [4.78, 5) is 12.3. The first-order valence-electron chi connectivity index (χ1n) is 13.8. The largest absolute Gasteiger partial charge is 0.587 e. The minimum Gasteiger partial charge on any atom is -0.411 e. The second kappa shape index (κ2) is 16.9. The van der Waals surface area contributed by atoms with Gasteiger partial charge in [-0.15, -0.1) is 0 Å². The van der Waals surface area contributed by atoms with E-state index >= 15 is 0 Å². The van der Waals surface area contributed by atoms with Gasteiger partial charge in [0, 0.05) is 0 Å². The van der Waals surface area contributed by atoms with Crippen LogP contribution in [-0.4, -0.2) is 82.9 Å². The Balaban J connectivity index is 0.000000591. The fourth-order valence-electron chi connectivity index (χ4n) is 3.49. The molecule has 1 aromatic rings. The quantitative estimate of drug-likeness (QED) is 0.0697. The van der Waals surface area contributed by atoms with Crippen LogP contribution in [0.2, 0.25) is 19.6 Å². The van der Waals surface area contributed by atoms with Gasteiger partial charge >= 0.3 is 89.7 Å². The Hall–Kier alpha value is -2.56. The van der Waals surface area contributed by atoms with Crippen molar-refractivity contribution in [3.05, 3.63) is 35.9 Å². The molecule has 1 aromatic carbocycles. The number of carbonyl (C=O) groups is 1. The zero-order valence-electron chi connectivity index (χ0n) is 26.9. The number of hydrogen-bond donors (Lipinski definition) is 0. The van der Waals surface area contributed by atoms with Gasteiger partial charge in [0.1, 0.15) is 5.92 Å². The molecular weight excluding hydrogens is 887 g/mol. The summed E-state index contributed by atoms with van der Waals surface area (Å²) < 4.78 is 256. The van der Waals surface area contributed by atoms with Gasteiger partial charge in [0.2, 0.25) is 0 Å². The maximum atomic E-state index is 12.4. The normalized spacial score (nSPS) is 16.7. The van der Waals surface area contributed by atoms with E-state index in [2.05, 4.69) is 36.0 Å². The lowest BCUT2D eigenvalue weighted by Crippen LogP contribution is -2.59. The summed E-state index contributed by atoms with van der Waals surface area (Å²) >= 11 is 0. The Labute approximate surface area is 299 Å². The third kappa shape index (κ3) is 14.2. The van der Waals surface area contributed by atoms with E-state index in [-0.39, 0.29) is 11.9 Å². The third-order valence-electron chi connectivity index (χ3n) is 5.66. The van der Waals surface area contributed by atoms with Gasteiger partial charge in [0.05, 0.1) is 5.56 Å². The van der Waals surface area contributed by atoms with Gasteiger partial charge in [-0.25, -0.2) is 9.53 Å². The molecule has 1 fully saturated rings. The van der Waals surface area contributed by atoms with Crippen molar-refractivity contribution in [3.8, 4) is 0 Å². The molecule has 0 bridgehead atoms. The summed E-state index contributed by atoms with van der Waals surface area (Å²) in [5.41, 5.74) is -28.0. The summed E-state index contributed by atoms with van der Waals surface area (Å²) in [6, 6.07) is 9.12. The molecule has 54 heavy (non-hydrogen) atoms. The molecule has 0 aromatic heterocycles. The van der Waals surface area contributed by atoms with Gasteiger partial charge in [0.15, 0.2) is 0 Å². The van der Waals surface area contributed by atoms with Crippen LogP contribution in [0.5, 0.6) is 0 Å². The molecule has 0 amide bonds. The highest BCUT2D eigenvalue weighted by Crippen LogP contribution is 2.39. The number of hydrogen-bond acceptors (Lipinski definition) is 14. The Morgan fingerprint density at radius 1 is 0.611 bits per heavy atom. The van der Waals surface area contributed by atoms with E-state index in [9.17, 15) is 91.2 Å². The number of halogens is 12. The lowest BCUT2D eigenvalue weighted by Gasteiger charge is -2.37. The second-order valence-corrected chi connectivity index (χ2v) is 21.9. The topological polar surface area (TPSA) is 211 Å². The van der Waals surface area contributed by atoms with E-state index in [1.807, 2.05) is 18.2 Å². The van der Waals surface area contributed by atoms with Crippen molar-refractivity contribution in [2.75, 3.05) is 0 Å². The molecule has 0 unspecified atom stereocenters. The Bertz CT molecular complexity index is 1750. The Morgan fingerprint density at radius 2 is 0.926 bits per heavy atom. The molecule has 314 valence electrons. The molecule has 0 N–H and O–H groups in total. The molecule has 1 aliphatic rings. The highest BCUT2D eigenvalue weighted by Gasteiger charge is 2.64. The van der Waals surface area contributed by atoms with E-state index in [1.165, 1.54) is 19.3 Å². The molecule has 1 saturated carbocycles. The van der Waals surface area contributed by atoms with Crippen molar-refractivity contribution in [2.45, 2.75) is 73.8 Å². The molecule has 33 heteroatoms. The van der Waals surface area contributed by atoms with E-state index in [0.717, 1.165) is 12.8 Å². The standard InChI is InChI=1S/C17H25O3Si.C4BF12O12S4/c1-21(2,3)20-17(15-12-8-5-9-13-15)19-16(18)14-10-6-4-7-11-14;6-1(7,8)30(18,19)26-5(27-31(20,21)2(9,10)11,28-32(22,23)3(12,13)14)29-33(24,25)4(15,16)17/h4,6-7,10-11,15H,5,8-9,12-13H2,1-3H3;/q+1;-1. The van der Waals surface area contributed by atoms with Crippen LogP contribution in [-0.2, 0) is 65.7 Å². The average Bonchev–Trinajstić information content (AvgIpc) is 2.94. The molecule has 0 aliphatic heterocycles. The van der Waals surface area contributed by atoms with Gasteiger partial charge in [-0.1, -0.05) is 37.5 Å². The van der Waals surface area contributed by atoms with Crippen molar-refractivity contribution >= 4 is 67.7 Å². The van der Waals surface area contributed by atoms with Crippen molar-refractivity contribution in [1.29, 1.82) is 0 Å². The van der Waals surface area contributed by atoms with Crippen molar-refractivity contribution in [1.82, 2.24) is 0 Å². The maximum absolute atomic E-state index is 12.4. The van der Waals surface area contributed by atoms with Crippen LogP contribution in [0, 0.1) is 5.92 Å². The average molecular weight is 913 g/mol. The molecule has 0 spiro atoms. The zero-order valence-corrected chi connectivity index (χ0v) is 31.1. The summed E-state index contributed by atoms with van der Waals surface area (Å²) in [5, 5.41) is 0. The van der Waals surface area contributed by atoms with E-state index in [1.54, 1.807) is 12.1 Å². The number of alkyl halides is 12. The predicted molar refractivity (Wildman–Crippen MR) is 157 cm³/mol. The fourth-order valence-corrected chi connectivity index (χ4v) is 6.75. The van der Waals surface area contributed by atoms with Crippen molar-refractivity contribution < 1.29 is 116 Å². The third-order valence-corrected chi connectivity index (χ3v) is 10.7. The number of esters is 2.